The molecule has 0 spiro atoms. The number of hydrogen-bond acceptors (Lipinski definition) is 3. The molecule has 0 aliphatic heterocycles. The van der Waals surface area contributed by atoms with Crippen LogP contribution in [0.5, 0.6) is 0 Å². The molecule has 2 aromatic rings. The summed E-state index contributed by atoms with van der Waals surface area (Å²) in [5.41, 5.74) is 6.95. The topological polar surface area (TPSA) is 60.9 Å². The molecule has 1 aromatic heterocycles. The summed E-state index contributed by atoms with van der Waals surface area (Å²) in [5.74, 6) is 5.05. The van der Waals surface area contributed by atoms with Crippen LogP contribution in [-0.2, 0) is 6.54 Å². The first-order valence-corrected chi connectivity index (χ1v) is 6.11. The lowest BCUT2D eigenvalue weighted by atomic mass is 10.1. The van der Waals surface area contributed by atoms with E-state index >= 15 is 0 Å². The maximum Gasteiger partial charge on any atom is 0.267 e. The number of hydrogen-bond donors (Lipinski definition) is 1. The second-order valence-corrected chi connectivity index (χ2v) is 4.32. The number of nitrogens with zero attached hydrogens (tertiary/aromatic N) is 2. The van der Waals surface area contributed by atoms with E-state index in [-0.39, 0.29) is 18.6 Å². The first kappa shape index (κ1) is 14.0. The Morgan fingerprint density at radius 2 is 2.15 bits per heavy atom. The summed E-state index contributed by atoms with van der Waals surface area (Å²) in [6.45, 7) is 2.21. The van der Waals surface area contributed by atoms with Crippen LogP contribution >= 0.6 is 0 Å². The third-order valence-corrected chi connectivity index (χ3v) is 2.62. The molecule has 2 rings (SSSR count). The van der Waals surface area contributed by atoms with Gasteiger partial charge < -0.3 is 5.73 Å². The summed E-state index contributed by atoms with van der Waals surface area (Å²) < 4.78 is 14.8. The van der Waals surface area contributed by atoms with Crippen LogP contribution in [0.25, 0.3) is 0 Å². The van der Waals surface area contributed by atoms with Crippen molar-refractivity contribution in [3.8, 4) is 11.8 Å². The van der Waals surface area contributed by atoms with Gasteiger partial charge in [-0.3, -0.25) is 4.79 Å². The third-order valence-electron chi connectivity index (χ3n) is 2.62. The Hall–Kier alpha value is -2.45. The average molecular weight is 271 g/mol. The standard InChI is InChI=1S/C15H14FN3O/c1-11-4-5-15(20)19(18-11)10-13-7-12(3-2-6-17)8-14(16)9-13/h4-5,7-9H,6,10,17H2,1H3. The molecule has 20 heavy (non-hydrogen) atoms. The highest BCUT2D eigenvalue weighted by Gasteiger charge is 2.03. The first-order valence-electron chi connectivity index (χ1n) is 6.11. The van der Waals surface area contributed by atoms with E-state index in [9.17, 15) is 9.18 Å². The van der Waals surface area contributed by atoms with Gasteiger partial charge >= 0.3 is 0 Å². The van der Waals surface area contributed by atoms with Crippen LogP contribution in [0.1, 0.15) is 16.8 Å². The van der Waals surface area contributed by atoms with Crippen molar-refractivity contribution in [2.24, 2.45) is 5.73 Å². The van der Waals surface area contributed by atoms with E-state index < -0.39 is 5.82 Å². The molecular formula is C15H14FN3O. The van der Waals surface area contributed by atoms with E-state index in [4.69, 9.17) is 5.73 Å². The summed E-state index contributed by atoms with van der Waals surface area (Å²) in [4.78, 5) is 11.7. The first-order chi connectivity index (χ1) is 9.58. The lowest BCUT2D eigenvalue weighted by molar-refractivity contribution is 0.606. The molecule has 0 radical (unpaired) electrons. The van der Waals surface area contributed by atoms with E-state index in [1.54, 1.807) is 19.1 Å². The van der Waals surface area contributed by atoms with Crippen molar-refractivity contribution in [3.05, 3.63) is 63.3 Å². The Labute approximate surface area is 116 Å². The number of rotatable bonds is 2. The molecular weight excluding hydrogens is 257 g/mol. The van der Waals surface area contributed by atoms with Gasteiger partial charge in [0.1, 0.15) is 5.82 Å². The van der Waals surface area contributed by atoms with E-state index in [2.05, 4.69) is 16.9 Å². The van der Waals surface area contributed by atoms with Gasteiger partial charge in [-0.15, -0.1) is 0 Å². The van der Waals surface area contributed by atoms with Crippen LogP contribution in [0.3, 0.4) is 0 Å². The van der Waals surface area contributed by atoms with Gasteiger partial charge in [-0.1, -0.05) is 11.8 Å². The normalized spacial score (nSPS) is 9.95. The fourth-order valence-electron chi connectivity index (χ4n) is 1.80. The van der Waals surface area contributed by atoms with Crippen molar-refractivity contribution in [2.45, 2.75) is 13.5 Å². The maximum atomic E-state index is 13.5. The molecule has 1 aromatic carbocycles. The fourth-order valence-corrected chi connectivity index (χ4v) is 1.80. The molecule has 0 amide bonds. The maximum absolute atomic E-state index is 13.5. The average Bonchev–Trinajstić information content (AvgIpc) is 2.40. The number of aryl methyl sites for hydroxylation is 1. The van der Waals surface area contributed by atoms with Crippen molar-refractivity contribution >= 4 is 0 Å². The van der Waals surface area contributed by atoms with E-state index in [1.807, 2.05) is 0 Å². The minimum atomic E-state index is -0.399. The van der Waals surface area contributed by atoms with Gasteiger partial charge in [-0.2, -0.15) is 5.10 Å². The molecule has 0 atom stereocenters. The Bertz CT molecular complexity index is 741. The van der Waals surface area contributed by atoms with Gasteiger partial charge in [0.2, 0.25) is 0 Å². The Morgan fingerprint density at radius 3 is 2.90 bits per heavy atom. The summed E-state index contributed by atoms with van der Waals surface area (Å²) >= 11 is 0. The smallest absolute Gasteiger partial charge is 0.267 e. The molecule has 0 aliphatic carbocycles. The molecule has 4 nitrogen and oxygen atoms in total. The van der Waals surface area contributed by atoms with Gasteiger partial charge in [-0.25, -0.2) is 9.07 Å². The highest BCUT2D eigenvalue weighted by molar-refractivity contribution is 5.38. The molecule has 0 unspecified atom stereocenters. The predicted octanol–water partition coefficient (Wildman–Crippen LogP) is 1.05. The number of aromatic nitrogens is 2. The van der Waals surface area contributed by atoms with Crippen LogP contribution < -0.4 is 11.3 Å². The van der Waals surface area contributed by atoms with E-state index in [0.717, 1.165) is 5.69 Å². The second kappa shape index (κ2) is 6.13. The molecule has 0 bridgehead atoms. The van der Waals surface area contributed by atoms with Gasteiger partial charge in [0.15, 0.2) is 0 Å². The summed E-state index contributed by atoms with van der Waals surface area (Å²) in [5, 5.41) is 4.12. The molecule has 1 heterocycles. The summed E-state index contributed by atoms with van der Waals surface area (Å²) in [7, 11) is 0. The van der Waals surface area contributed by atoms with Crippen molar-refractivity contribution in [1.82, 2.24) is 9.78 Å². The molecule has 0 fully saturated rings. The Kier molecular flexibility index (Phi) is 4.28. The number of nitrogens with two attached hydrogens (primary N) is 1. The quantitative estimate of drug-likeness (QED) is 0.830. The fraction of sp³-hybridized carbons (Fsp3) is 0.200. The largest absolute Gasteiger partial charge is 0.320 e. The minimum absolute atomic E-state index is 0.204. The zero-order chi connectivity index (χ0) is 14.5. The molecule has 102 valence electrons. The molecule has 0 aliphatic rings. The summed E-state index contributed by atoms with van der Waals surface area (Å²) in [6, 6.07) is 7.50. The van der Waals surface area contributed by atoms with Crippen LogP contribution in [0.15, 0.2) is 35.1 Å². The molecule has 0 saturated heterocycles. The van der Waals surface area contributed by atoms with Crippen LogP contribution in [0, 0.1) is 24.6 Å². The highest BCUT2D eigenvalue weighted by atomic mass is 19.1. The second-order valence-electron chi connectivity index (χ2n) is 4.32. The highest BCUT2D eigenvalue weighted by Crippen LogP contribution is 2.09. The Balaban J connectivity index is 2.36. The van der Waals surface area contributed by atoms with E-state index in [1.165, 1.54) is 22.9 Å². The van der Waals surface area contributed by atoms with Gasteiger partial charge in [0, 0.05) is 11.6 Å². The monoisotopic (exact) mass is 271 g/mol. The molecule has 5 heteroatoms. The van der Waals surface area contributed by atoms with Crippen LogP contribution in [0.2, 0.25) is 0 Å². The van der Waals surface area contributed by atoms with Crippen LogP contribution in [-0.4, -0.2) is 16.3 Å². The Morgan fingerprint density at radius 1 is 1.35 bits per heavy atom. The number of halogens is 1. The van der Waals surface area contributed by atoms with Crippen molar-refractivity contribution in [2.75, 3.05) is 6.54 Å². The van der Waals surface area contributed by atoms with Crippen molar-refractivity contribution < 1.29 is 4.39 Å². The third kappa shape index (κ3) is 3.53. The molecule has 2 N–H and O–H groups in total. The van der Waals surface area contributed by atoms with Gasteiger partial charge in [0.05, 0.1) is 18.8 Å². The van der Waals surface area contributed by atoms with Gasteiger partial charge in [0.25, 0.3) is 5.56 Å². The van der Waals surface area contributed by atoms with E-state index in [0.29, 0.717) is 11.1 Å². The minimum Gasteiger partial charge on any atom is -0.320 e. The summed E-state index contributed by atoms with van der Waals surface area (Å²) in [6.07, 6.45) is 0. The van der Waals surface area contributed by atoms with Crippen molar-refractivity contribution in [3.63, 3.8) is 0 Å². The van der Waals surface area contributed by atoms with Gasteiger partial charge in [-0.05, 0) is 36.8 Å². The SMILES string of the molecule is Cc1ccc(=O)n(Cc2cc(F)cc(C#CCN)c2)n1. The zero-order valence-corrected chi connectivity index (χ0v) is 11.1. The lowest BCUT2D eigenvalue weighted by Gasteiger charge is -2.06. The zero-order valence-electron chi connectivity index (χ0n) is 11.1. The molecule has 0 saturated carbocycles. The van der Waals surface area contributed by atoms with Crippen LogP contribution in [0.4, 0.5) is 4.39 Å². The van der Waals surface area contributed by atoms with Crippen molar-refractivity contribution in [1.29, 1.82) is 0 Å². The predicted molar refractivity (Wildman–Crippen MR) is 74.7 cm³/mol. The number of benzene rings is 1. The lowest BCUT2D eigenvalue weighted by Crippen LogP contribution is -2.23.